The molecule has 2 rings (SSSR count). The molecule has 21 heavy (non-hydrogen) atoms. The fourth-order valence-corrected chi connectivity index (χ4v) is 1.93. The lowest BCUT2D eigenvalue weighted by Crippen LogP contribution is -2.09. The predicted octanol–water partition coefficient (Wildman–Crippen LogP) is 4.15. The maximum Gasteiger partial charge on any atom is 0.335 e. The highest BCUT2D eigenvalue weighted by atomic mass is 35.5. The summed E-state index contributed by atoms with van der Waals surface area (Å²) in [7, 11) is 0. The number of benzene rings is 2. The van der Waals surface area contributed by atoms with Crippen molar-refractivity contribution >= 4 is 29.2 Å². The molecule has 0 bridgehead atoms. The Hall–Kier alpha value is -1.91. The first-order valence-electron chi connectivity index (χ1n) is 6.10. The molecule has 0 saturated heterocycles. The van der Waals surface area contributed by atoms with E-state index in [1.807, 2.05) is 0 Å². The van der Waals surface area contributed by atoms with Crippen LogP contribution in [0.5, 0.6) is 11.5 Å². The summed E-state index contributed by atoms with van der Waals surface area (Å²) in [4.78, 5) is 10.7. The minimum absolute atomic E-state index is 0.212. The number of carbonyl (C=O) groups is 1. The second-order valence-electron chi connectivity index (χ2n) is 4.10. The summed E-state index contributed by atoms with van der Waals surface area (Å²) in [6, 6.07) is 11.1. The Morgan fingerprint density at radius 1 is 1.00 bits per heavy atom. The lowest BCUT2D eigenvalue weighted by molar-refractivity contribution is 0.0697. The van der Waals surface area contributed by atoms with E-state index in [4.69, 9.17) is 37.8 Å². The minimum atomic E-state index is -0.972. The van der Waals surface area contributed by atoms with Gasteiger partial charge in [-0.15, -0.1) is 0 Å². The molecule has 110 valence electrons. The standard InChI is InChI=1S/C15H12Cl2O4/c16-11-3-6-13(17)14(9-11)21-8-7-20-12-4-1-10(2-5-12)15(18)19/h1-6,9H,7-8H2,(H,18,19). The zero-order valence-corrected chi connectivity index (χ0v) is 12.4. The molecule has 0 aliphatic carbocycles. The quantitative estimate of drug-likeness (QED) is 0.810. The van der Waals surface area contributed by atoms with Crippen LogP contribution in [0.4, 0.5) is 0 Å². The number of rotatable bonds is 6. The van der Waals surface area contributed by atoms with Crippen LogP contribution in [0.25, 0.3) is 0 Å². The molecule has 0 saturated carbocycles. The van der Waals surface area contributed by atoms with E-state index < -0.39 is 5.97 Å². The Kier molecular flexibility index (Phi) is 5.31. The monoisotopic (exact) mass is 326 g/mol. The van der Waals surface area contributed by atoms with Crippen molar-refractivity contribution in [3.05, 3.63) is 58.1 Å². The minimum Gasteiger partial charge on any atom is -0.490 e. The fourth-order valence-electron chi connectivity index (χ4n) is 1.59. The van der Waals surface area contributed by atoms with Gasteiger partial charge in [-0.2, -0.15) is 0 Å². The molecule has 0 amide bonds. The lowest BCUT2D eigenvalue weighted by atomic mass is 10.2. The SMILES string of the molecule is O=C(O)c1ccc(OCCOc2cc(Cl)ccc2Cl)cc1. The van der Waals surface area contributed by atoms with Gasteiger partial charge in [-0.05, 0) is 36.4 Å². The van der Waals surface area contributed by atoms with Gasteiger partial charge < -0.3 is 14.6 Å². The molecular formula is C15H12Cl2O4. The van der Waals surface area contributed by atoms with E-state index in [1.165, 1.54) is 12.1 Å². The summed E-state index contributed by atoms with van der Waals surface area (Å²) in [5, 5.41) is 9.80. The molecule has 0 radical (unpaired) electrons. The lowest BCUT2D eigenvalue weighted by Gasteiger charge is -2.10. The van der Waals surface area contributed by atoms with Crippen LogP contribution in [0.3, 0.4) is 0 Å². The molecule has 1 N–H and O–H groups in total. The fraction of sp³-hybridized carbons (Fsp3) is 0.133. The average molecular weight is 327 g/mol. The van der Waals surface area contributed by atoms with Crippen molar-refractivity contribution in [2.24, 2.45) is 0 Å². The number of ether oxygens (including phenoxy) is 2. The van der Waals surface area contributed by atoms with Crippen molar-refractivity contribution in [3.63, 3.8) is 0 Å². The van der Waals surface area contributed by atoms with Crippen molar-refractivity contribution < 1.29 is 19.4 Å². The van der Waals surface area contributed by atoms with Crippen molar-refractivity contribution in [2.75, 3.05) is 13.2 Å². The van der Waals surface area contributed by atoms with Crippen molar-refractivity contribution in [2.45, 2.75) is 0 Å². The van der Waals surface area contributed by atoms with Gasteiger partial charge in [-0.3, -0.25) is 0 Å². The molecule has 0 unspecified atom stereocenters. The number of carboxylic acid groups (broad SMARTS) is 1. The summed E-state index contributed by atoms with van der Waals surface area (Å²) >= 11 is 11.8. The maximum atomic E-state index is 10.7. The molecular weight excluding hydrogens is 315 g/mol. The van der Waals surface area contributed by atoms with Crippen molar-refractivity contribution in [1.29, 1.82) is 0 Å². The van der Waals surface area contributed by atoms with E-state index in [9.17, 15) is 4.79 Å². The van der Waals surface area contributed by atoms with Crippen LogP contribution >= 0.6 is 23.2 Å². The Balaban J connectivity index is 1.81. The van der Waals surface area contributed by atoms with Gasteiger partial charge in [-0.1, -0.05) is 23.2 Å². The molecule has 0 aromatic heterocycles. The van der Waals surface area contributed by atoms with E-state index in [0.717, 1.165) is 0 Å². The van der Waals surface area contributed by atoms with Crippen LogP contribution in [0, 0.1) is 0 Å². The van der Waals surface area contributed by atoms with Gasteiger partial charge in [0.05, 0.1) is 10.6 Å². The van der Waals surface area contributed by atoms with E-state index in [1.54, 1.807) is 30.3 Å². The van der Waals surface area contributed by atoms with Gasteiger partial charge in [0.2, 0.25) is 0 Å². The van der Waals surface area contributed by atoms with Gasteiger partial charge in [0, 0.05) is 11.1 Å². The number of carboxylic acids is 1. The second kappa shape index (κ2) is 7.20. The predicted molar refractivity (Wildman–Crippen MR) is 80.9 cm³/mol. The summed E-state index contributed by atoms with van der Waals surface area (Å²) in [6.45, 7) is 0.593. The third-order valence-corrected chi connectivity index (χ3v) is 3.15. The van der Waals surface area contributed by atoms with Crippen LogP contribution in [0.15, 0.2) is 42.5 Å². The molecule has 4 nitrogen and oxygen atoms in total. The summed E-state index contributed by atoms with van der Waals surface area (Å²) in [5.74, 6) is 0.0928. The first-order chi connectivity index (χ1) is 10.1. The highest BCUT2D eigenvalue weighted by molar-refractivity contribution is 6.34. The first-order valence-corrected chi connectivity index (χ1v) is 6.86. The first kappa shape index (κ1) is 15.5. The molecule has 2 aromatic carbocycles. The van der Waals surface area contributed by atoms with Crippen LogP contribution in [0.1, 0.15) is 10.4 Å². The summed E-state index contributed by atoms with van der Waals surface area (Å²) < 4.78 is 10.9. The van der Waals surface area contributed by atoms with Crippen LogP contribution in [-0.2, 0) is 0 Å². The van der Waals surface area contributed by atoms with E-state index >= 15 is 0 Å². The van der Waals surface area contributed by atoms with E-state index in [2.05, 4.69) is 0 Å². The van der Waals surface area contributed by atoms with Gasteiger partial charge in [0.25, 0.3) is 0 Å². The third-order valence-electron chi connectivity index (χ3n) is 2.60. The zero-order chi connectivity index (χ0) is 15.2. The van der Waals surface area contributed by atoms with Crippen LogP contribution in [-0.4, -0.2) is 24.3 Å². The highest BCUT2D eigenvalue weighted by Crippen LogP contribution is 2.27. The second-order valence-corrected chi connectivity index (χ2v) is 4.94. The molecule has 0 spiro atoms. The normalized spacial score (nSPS) is 10.2. The molecule has 0 fully saturated rings. The number of halogens is 2. The van der Waals surface area contributed by atoms with Gasteiger partial charge in [0.15, 0.2) is 0 Å². The smallest absolute Gasteiger partial charge is 0.335 e. The maximum absolute atomic E-state index is 10.7. The molecule has 0 atom stereocenters. The molecule has 0 heterocycles. The van der Waals surface area contributed by atoms with Gasteiger partial charge >= 0.3 is 5.97 Å². The van der Waals surface area contributed by atoms with Gasteiger partial charge in [0.1, 0.15) is 24.7 Å². The zero-order valence-electron chi connectivity index (χ0n) is 10.9. The van der Waals surface area contributed by atoms with Crippen LogP contribution < -0.4 is 9.47 Å². The van der Waals surface area contributed by atoms with E-state index in [0.29, 0.717) is 34.8 Å². The third kappa shape index (κ3) is 4.55. The van der Waals surface area contributed by atoms with E-state index in [-0.39, 0.29) is 5.56 Å². The Bertz CT molecular complexity index is 626. The largest absolute Gasteiger partial charge is 0.490 e. The van der Waals surface area contributed by atoms with Crippen LogP contribution in [0.2, 0.25) is 10.0 Å². The molecule has 0 aliphatic heterocycles. The molecule has 2 aromatic rings. The van der Waals surface area contributed by atoms with Gasteiger partial charge in [-0.25, -0.2) is 4.79 Å². The highest BCUT2D eigenvalue weighted by Gasteiger charge is 2.04. The Labute approximate surface area is 131 Å². The summed E-state index contributed by atoms with van der Waals surface area (Å²) in [5.41, 5.74) is 0.212. The number of aromatic carboxylic acids is 1. The molecule has 6 heteroatoms. The number of hydrogen-bond donors (Lipinski definition) is 1. The topological polar surface area (TPSA) is 55.8 Å². The number of hydrogen-bond acceptors (Lipinski definition) is 3. The van der Waals surface area contributed by atoms with Crippen molar-refractivity contribution in [3.8, 4) is 11.5 Å². The Morgan fingerprint density at radius 3 is 2.33 bits per heavy atom. The van der Waals surface area contributed by atoms with Crippen molar-refractivity contribution in [1.82, 2.24) is 0 Å². The summed E-state index contributed by atoms with van der Waals surface area (Å²) in [6.07, 6.45) is 0. The molecule has 0 aliphatic rings. The Morgan fingerprint density at radius 2 is 1.67 bits per heavy atom. The average Bonchev–Trinajstić information content (AvgIpc) is 2.47.